The third-order valence-corrected chi connectivity index (χ3v) is 4.16. The topological polar surface area (TPSA) is 26.3 Å². The highest BCUT2D eigenvalue weighted by atomic mass is 79.9. The molecule has 0 radical (unpaired) electrons. The SMILES string of the molecule is COc1ccc(C)cc1CC(=O)c1ccc(Br)c(C)c1. The zero-order valence-electron chi connectivity index (χ0n) is 11.9. The summed E-state index contributed by atoms with van der Waals surface area (Å²) in [6.45, 7) is 3.99. The summed E-state index contributed by atoms with van der Waals surface area (Å²) in [6.07, 6.45) is 0.353. The van der Waals surface area contributed by atoms with E-state index in [1.165, 1.54) is 0 Å². The summed E-state index contributed by atoms with van der Waals surface area (Å²) in [7, 11) is 1.63. The lowest BCUT2D eigenvalue weighted by Crippen LogP contribution is -2.05. The minimum absolute atomic E-state index is 0.101. The molecule has 0 aliphatic rings. The number of carbonyl (C=O) groups excluding carboxylic acids is 1. The Balaban J connectivity index is 2.27. The molecular weight excluding hydrogens is 316 g/mol. The van der Waals surface area contributed by atoms with Crippen LogP contribution in [-0.2, 0) is 6.42 Å². The van der Waals surface area contributed by atoms with Crippen molar-refractivity contribution in [2.24, 2.45) is 0 Å². The molecule has 0 saturated carbocycles. The maximum atomic E-state index is 12.4. The van der Waals surface area contributed by atoms with E-state index in [-0.39, 0.29) is 5.78 Å². The molecule has 0 atom stereocenters. The van der Waals surface area contributed by atoms with E-state index in [4.69, 9.17) is 4.74 Å². The van der Waals surface area contributed by atoms with Crippen molar-refractivity contribution < 1.29 is 9.53 Å². The first kappa shape index (κ1) is 14.8. The van der Waals surface area contributed by atoms with E-state index in [2.05, 4.69) is 15.9 Å². The van der Waals surface area contributed by atoms with Crippen LogP contribution in [0.25, 0.3) is 0 Å². The summed E-state index contributed by atoms with van der Waals surface area (Å²) in [5.41, 5.74) is 3.85. The van der Waals surface area contributed by atoms with E-state index in [1.54, 1.807) is 7.11 Å². The number of ether oxygens (including phenoxy) is 1. The highest BCUT2D eigenvalue weighted by molar-refractivity contribution is 9.10. The number of ketones is 1. The van der Waals surface area contributed by atoms with E-state index in [1.807, 2.05) is 50.2 Å². The van der Waals surface area contributed by atoms with Crippen molar-refractivity contribution in [2.45, 2.75) is 20.3 Å². The molecule has 2 nitrogen and oxygen atoms in total. The largest absolute Gasteiger partial charge is 0.496 e. The molecule has 0 bridgehead atoms. The highest BCUT2D eigenvalue weighted by Crippen LogP contribution is 2.23. The van der Waals surface area contributed by atoms with Crippen LogP contribution in [-0.4, -0.2) is 12.9 Å². The normalized spacial score (nSPS) is 10.4. The van der Waals surface area contributed by atoms with Gasteiger partial charge in [0.2, 0.25) is 0 Å². The molecule has 0 amide bonds. The third kappa shape index (κ3) is 3.28. The number of hydrogen-bond acceptors (Lipinski definition) is 2. The molecule has 0 saturated heterocycles. The summed E-state index contributed by atoms with van der Waals surface area (Å²) < 4.78 is 6.34. The molecule has 20 heavy (non-hydrogen) atoms. The fraction of sp³-hybridized carbons (Fsp3) is 0.235. The number of rotatable bonds is 4. The maximum Gasteiger partial charge on any atom is 0.167 e. The van der Waals surface area contributed by atoms with Crippen molar-refractivity contribution in [2.75, 3.05) is 7.11 Å². The van der Waals surface area contributed by atoms with Crippen LogP contribution in [0, 0.1) is 13.8 Å². The van der Waals surface area contributed by atoms with Crippen molar-refractivity contribution in [1.29, 1.82) is 0 Å². The van der Waals surface area contributed by atoms with Crippen molar-refractivity contribution in [3.8, 4) is 5.75 Å². The van der Waals surface area contributed by atoms with Gasteiger partial charge in [-0.3, -0.25) is 4.79 Å². The van der Waals surface area contributed by atoms with Crippen LogP contribution < -0.4 is 4.74 Å². The summed E-state index contributed by atoms with van der Waals surface area (Å²) >= 11 is 3.45. The quantitative estimate of drug-likeness (QED) is 0.770. The molecular formula is C17H17BrO2. The monoisotopic (exact) mass is 332 g/mol. The van der Waals surface area contributed by atoms with Gasteiger partial charge in [0.1, 0.15) is 5.75 Å². The van der Waals surface area contributed by atoms with Crippen molar-refractivity contribution >= 4 is 21.7 Å². The van der Waals surface area contributed by atoms with Crippen molar-refractivity contribution in [3.05, 3.63) is 63.1 Å². The first-order valence-electron chi connectivity index (χ1n) is 6.44. The third-order valence-electron chi connectivity index (χ3n) is 3.27. The number of methoxy groups -OCH3 is 1. The lowest BCUT2D eigenvalue weighted by molar-refractivity contribution is 0.0992. The fourth-order valence-electron chi connectivity index (χ4n) is 2.14. The molecule has 2 aromatic rings. The molecule has 2 aromatic carbocycles. The Labute approximate surface area is 127 Å². The predicted molar refractivity (Wildman–Crippen MR) is 84.6 cm³/mol. The predicted octanol–water partition coefficient (Wildman–Crippen LogP) is 4.50. The summed E-state index contributed by atoms with van der Waals surface area (Å²) in [4.78, 5) is 12.4. The van der Waals surface area contributed by atoms with E-state index in [0.29, 0.717) is 6.42 Å². The van der Waals surface area contributed by atoms with Crippen LogP contribution in [0.1, 0.15) is 27.0 Å². The van der Waals surface area contributed by atoms with Gasteiger partial charge in [-0.05, 0) is 37.6 Å². The van der Waals surface area contributed by atoms with Gasteiger partial charge in [-0.15, -0.1) is 0 Å². The van der Waals surface area contributed by atoms with Gasteiger partial charge >= 0.3 is 0 Å². The number of benzene rings is 2. The minimum Gasteiger partial charge on any atom is -0.496 e. The molecule has 3 heteroatoms. The van der Waals surface area contributed by atoms with Gasteiger partial charge in [0.25, 0.3) is 0 Å². The van der Waals surface area contributed by atoms with E-state index in [9.17, 15) is 4.79 Å². The van der Waals surface area contributed by atoms with Crippen LogP contribution in [0.3, 0.4) is 0 Å². The van der Waals surface area contributed by atoms with Crippen LogP contribution in [0.2, 0.25) is 0 Å². The minimum atomic E-state index is 0.101. The second kappa shape index (κ2) is 6.23. The van der Waals surface area contributed by atoms with Gasteiger partial charge in [0, 0.05) is 22.0 Å². The smallest absolute Gasteiger partial charge is 0.167 e. The Hall–Kier alpha value is -1.61. The van der Waals surface area contributed by atoms with Gasteiger partial charge in [-0.25, -0.2) is 0 Å². The van der Waals surface area contributed by atoms with Crippen molar-refractivity contribution in [1.82, 2.24) is 0 Å². The molecule has 2 rings (SSSR count). The average molecular weight is 333 g/mol. The number of carbonyl (C=O) groups is 1. The summed E-state index contributed by atoms with van der Waals surface area (Å²) in [5.74, 6) is 0.863. The first-order chi connectivity index (χ1) is 9.51. The summed E-state index contributed by atoms with van der Waals surface area (Å²) in [5, 5.41) is 0. The molecule has 0 spiro atoms. The van der Waals surface area contributed by atoms with Gasteiger partial charge < -0.3 is 4.74 Å². The Morgan fingerprint density at radius 3 is 2.55 bits per heavy atom. The summed E-state index contributed by atoms with van der Waals surface area (Å²) in [6, 6.07) is 11.6. The number of aryl methyl sites for hydroxylation is 2. The second-order valence-corrected chi connectivity index (χ2v) is 5.73. The van der Waals surface area contributed by atoms with Gasteiger partial charge in [-0.2, -0.15) is 0 Å². The number of Topliss-reactive ketones (excluding diaryl/α,β-unsaturated/α-hetero) is 1. The molecule has 0 aliphatic carbocycles. The number of hydrogen-bond donors (Lipinski definition) is 0. The molecule has 104 valence electrons. The zero-order valence-corrected chi connectivity index (χ0v) is 13.5. The molecule has 0 aliphatic heterocycles. The van der Waals surface area contributed by atoms with Gasteiger partial charge in [0.05, 0.1) is 7.11 Å². The Morgan fingerprint density at radius 1 is 1.15 bits per heavy atom. The van der Waals surface area contributed by atoms with Gasteiger partial charge in [0.15, 0.2) is 5.78 Å². The number of halogens is 1. The Morgan fingerprint density at radius 2 is 1.90 bits per heavy atom. The lowest BCUT2D eigenvalue weighted by Gasteiger charge is -2.09. The molecule has 0 unspecified atom stereocenters. The average Bonchev–Trinajstić information content (AvgIpc) is 2.42. The Bertz CT molecular complexity index is 647. The molecule has 0 heterocycles. The Kier molecular flexibility index (Phi) is 4.61. The van der Waals surface area contributed by atoms with Crippen LogP contribution in [0.5, 0.6) is 5.75 Å². The van der Waals surface area contributed by atoms with E-state index < -0.39 is 0 Å². The van der Waals surface area contributed by atoms with Crippen molar-refractivity contribution in [3.63, 3.8) is 0 Å². The molecule has 0 aromatic heterocycles. The standard InChI is InChI=1S/C17H17BrO2/c1-11-4-7-17(20-3)14(8-11)10-16(19)13-5-6-15(18)12(2)9-13/h4-9H,10H2,1-3H3. The van der Waals surface area contributed by atoms with Crippen LogP contribution in [0.15, 0.2) is 40.9 Å². The van der Waals surface area contributed by atoms with E-state index in [0.717, 1.165) is 32.5 Å². The lowest BCUT2D eigenvalue weighted by atomic mass is 10.00. The maximum absolute atomic E-state index is 12.4. The van der Waals surface area contributed by atoms with E-state index >= 15 is 0 Å². The zero-order chi connectivity index (χ0) is 14.7. The van der Waals surface area contributed by atoms with Crippen LogP contribution >= 0.6 is 15.9 Å². The highest BCUT2D eigenvalue weighted by Gasteiger charge is 2.12. The molecule has 0 N–H and O–H groups in total. The molecule has 0 fully saturated rings. The first-order valence-corrected chi connectivity index (χ1v) is 7.23. The van der Waals surface area contributed by atoms with Gasteiger partial charge in [-0.1, -0.05) is 39.7 Å². The van der Waals surface area contributed by atoms with Crippen LogP contribution in [0.4, 0.5) is 0 Å². The second-order valence-electron chi connectivity index (χ2n) is 4.88. The fourth-order valence-corrected chi connectivity index (χ4v) is 2.39.